The minimum atomic E-state index is -0.530. The van der Waals surface area contributed by atoms with Gasteiger partial charge in [-0.05, 0) is 44.2 Å². The predicted molar refractivity (Wildman–Crippen MR) is 75.5 cm³/mol. The molecule has 0 saturated carbocycles. The normalized spacial score (nSPS) is 10.9. The van der Waals surface area contributed by atoms with Gasteiger partial charge < -0.3 is 4.42 Å². The van der Waals surface area contributed by atoms with E-state index in [1.165, 1.54) is 12.1 Å². The van der Waals surface area contributed by atoms with Gasteiger partial charge >= 0.3 is 0 Å². The lowest BCUT2D eigenvalue weighted by Crippen LogP contribution is -2.03. The summed E-state index contributed by atoms with van der Waals surface area (Å²) in [6.07, 6.45) is 0. The Kier molecular flexibility index (Phi) is 2.90. The number of fused-ring (bicyclic) bond motifs is 1. The molecular weight excluding hydrogens is 255 g/mol. The molecule has 0 amide bonds. The highest BCUT2D eigenvalue weighted by Gasteiger charge is 2.18. The van der Waals surface area contributed by atoms with Crippen LogP contribution in [0.15, 0.2) is 46.9 Å². The third-order valence-electron chi connectivity index (χ3n) is 3.26. The minimum absolute atomic E-state index is 0.0424. The number of hydrogen-bond acceptors (Lipinski definition) is 2. The smallest absolute Gasteiger partial charge is 0.231 e. The van der Waals surface area contributed by atoms with Crippen molar-refractivity contribution in [3.63, 3.8) is 0 Å². The fourth-order valence-electron chi connectivity index (χ4n) is 2.22. The van der Waals surface area contributed by atoms with Gasteiger partial charge in [-0.3, -0.25) is 4.79 Å². The quantitative estimate of drug-likeness (QED) is 0.644. The van der Waals surface area contributed by atoms with Crippen LogP contribution >= 0.6 is 0 Å². The molecule has 1 aromatic heterocycles. The summed E-state index contributed by atoms with van der Waals surface area (Å²) in [5, 5.41) is 0.849. The van der Waals surface area contributed by atoms with Crippen molar-refractivity contribution in [2.75, 3.05) is 0 Å². The second-order valence-corrected chi connectivity index (χ2v) is 4.96. The Balaban J connectivity index is 2.10. The van der Waals surface area contributed by atoms with Crippen molar-refractivity contribution in [3.8, 4) is 0 Å². The number of hydrogen-bond donors (Lipinski definition) is 0. The topological polar surface area (TPSA) is 30.2 Å². The zero-order valence-corrected chi connectivity index (χ0v) is 11.2. The van der Waals surface area contributed by atoms with Gasteiger partial charge in [0.2, 0.25) is 5.78 Å². The van der Waals surface area contributed by atoms with Crippen molar-refractivity contribution in [1.29, 1.82) is 0 Å². The maximum absolute atomic E-state index is 13.8. The Morgan fingerprint density at radius 3 is 2.50 bits per heavy atom. The largest absolute Gasteiger partial charge is 0.453 e. The Hall–Kier alpha value is -2.42. The molecule has 1 heterocycles. The molecule has 0 bridgehead atoms. The van der Waals surface area contributed by atoms with Crippen LogP contribution in [0.25, 0.3) is 11.0 Å². The van der Waals surface area contributed by atoms with Crippen molar-refractivity contribution in [2.45, 2.75) is 13.8 Å². The summed E-state index contributed by atoms with van der Waals surface area (Å²) in [5.41, 5.74) is 2.59. The zero-order valence-electron chi connectivity index (χ0n) is 11.2. The maximum atomic E-state index is 13.8. The second kappa shape index (κ2) is 4.60. The average Bonchev–Trinajstić information content (AvgIpc) is 2.83. The van der Waals surface area contributed by atoms with Crippen LogP contribution in [-0.4, -0.2) is 5.78 Å². The van der Waals surface area contributed by atoms with E-state index in [4.69, 9.17) is 4.42 Å². The highest BCUT2D eigenvalue weighted by Crippen LogP contribution is 2.23. The lowest BCUT2D eigenvalue weighted by Gasteiger charge is -2.01. The van der Waals surface area contributed by atoms with Crippen molar-refractivity contribution in [3.05, 3.63) is 70.7 Å². The van der Waals surface area contributed by atoms with Gasteiger partial charge in [0.05, 0.1) is 5.56 Å². The molecule has 3 heteroatoms. The van der Waals surface area contributed by atoms with Crippen LogP contribution in [0.5, 0.6) is 0 Å². The number of ketones is 1. The van der Waals surface area contributed by atoms with E-state index in [1.54, 1.807) is 12.1 Å². The van der Waals surface area contributed by atoms with E-state index < -0.39 is 11.6 Å². The monoisotopic (exact) mass is 268 g/mol. The molecule has 0 fully saturated rings. The molecule has 0 aliphatic heterocycles. The minimum Gasteiger partial charge on any atom is -0.453 e. The van der Waals surface area contributed by atoms with Gasteiger partial charge in [0, 0.05) is 5.39 Å². The number of furan rings is 1. The molecule has 0 unspecified atom stereocenters. The van der Waals surface area contributed by atoms with Crippen LogP contribution in [0, 0.1) is 19.7 Å². The summed E-state index contributed by atoms with van der Waals surface area (Å²) in [4.78, 5) is 12.3. The molecule has 0 N–H and O–H groups in total. The molecule has 0 radical (unpaired) electrons. The summed E-state index contributed by atoms with van der Waals surface area (Å²) < 4.78 is 19.3. The molecule has 20 heavy (non-hydrogen) atoms. The molecular formula is C17H13FO2. The van der Waals surface area contributed by atoms with Gasteiger partial charge in [0.25, 0.3) is 0 Å². The van der Waals surface area contributed by atoms with Gasteiger partial charge in [-0.2, -0.15) is 0 Å². The fourth-order valence-corrected chi connectivity index (χ4v) is 2.22. The third kappa shape index (κ3) is 2.11. The van der Waals surface area contributed by atoms with Crippen LogP contribution in [0.2, 0.25) is 0 Å². The highest BCUT2D eigenvalue weighted by molar-refractivity contribution is 6.09. The van der Waals surface area contributed by atoms with Crippen molar-refractivity contribution >= 4 is 16.8 Å². The third-order valence-corrected chi connectivity index (χ3v) is 3.26. The molecule has 2 aromatic carbocycles. The van der Waals surface area contributed by atoms with Gasteiger partial charge in [0.15, 0.2) is 5.76 Å². The Morgan fingerprint density at radius 2 is 1.70 bits per heavy atom. The molecule has 0 aliphatic carbocycles. The average molecular weight is 268 g/mol. The number of carbonyl (C=O) groups excluding carboxylic acids is 1. The van der Waals surface area contributed by atoms with Crippen molar-refractivity contribution in [1.82, 2.24) is 0 Å². The first-order valence-corrected chi connectivity index (χ1v) is 6.35. The molecule has 0 atom stereocenters. The van der Waals surface area contributed by atoms with E-state index in [-0.39, 0.29) is 11.3 Å². The van der Waals surface area contributed by atoms with Crippen LogP contribution in [0.3, 0.4) is 0 Å². The number of benzene rings is 2. The Labute approximate surface area is 115 Å². The molecule has 3 rings (SSSR count). The Bertz CT molecular complexity index is 815. The van der Waals surface area contributed by atoms with Crippen LogP contribution in [0.1, 0.15) is 27.2 Å². The maximum Gasteiger partial charge on any atom is 0.231 e. The van der Waals surface area contributed by atoms with Crippen LogP contribution < -0.4 is 0 Å². The Morgan fingerprint density at radius 1 is 1.00 bits per heavy atom. The molecule has 100 valence electrons. The van der Waals surface area contributed by atoms with Gasteiger partial charge in [-0.15, -0.1) is 0 Å². The molecule has 3 aromatic rings. The molecule has 2 nitrogen and oxygen atoms in total. The van der Waals surface area contributed by atoms with E-state index in [9.17, 15) is 9.18 Å². The number of carbonyl (C=O) groups is 1. The lowest BCUT2D eigenvalue weighted by atomic mass is 10.1. The lowest BCUT2D eigenvalue weighted by molar-refractivity contribution is 0.101. The van der Waals surface area contributed by atoms with E-state index in [0.717, 1.165) is 16.5 Å². The van der Waals surface area contributed by atoms with Gasteiger partial charge in [0.1, 0.15) is 11.4 Å². The molecule has 0 spiro atoms. The van der Waals surface area contributed by atoms with E-state index in [1.807, 2.05) is 32.0 Å². The second-order valence-electron chi connectivity index (χ2n) is 4.96. The number of rotatable bonds is 2. The fraction of sp³-hybridized carbons (Fsp3) is 0.118. The van der Waals surface area contributed by atoms with Gasteiger partial charge in [-0.1, -0.05) is 23.3 Å². The summed E-state index contributed by atoms with van der Waals surface area (Å²) in [5.74, 6) is -0.799. The zero-order chi connectivity index (χ0) is 14.3. The summed E-state index contributed by atoms with van der Waals surface area (Å²) >= 11 is 0. The first kappa shape index (κ1) is 12.6. The standard InChI is InChI=1S/C17H13FO2/c1-10-4-6-15-12(7-10)9-16(20-15)17(19)13-8-11(2)3-5-14(13)18/h3-9H,1-2H3. The first-order chi connectivity index (χ1) is 9.54. The SMILES string of the molecule is Cc1ccc(F)c(C(=O)c2cc3cc(C)ccc3o2)c1. The van der Waals surface area contributed by atoms with Crippen molar-refractivity contribution in [2.24, 2.45) is 0 Å². The van der Waals surface area contributed by atoms with E-state index >= 15 is 0 Å². The summed E-state index contributed by atoms with van der Waals surface area (Å²) in [6, 6.07) is 11.8. The van der Waals surface area contributed by atoms with Crippen LogP contribution in [-0.2, 0) is 0 Å². The molecule has 0 saturated heterocycles. The molecule has 0 aliphatic rings. The van der Waals surface area contributed by atoms with Gasteiger partial charge in [-0.25, -0.2) is 4.39 Å². The summed E-state index contributed by atoms with van der Waals surface area (Å²) in [7, 11) is 0. The summed E-state index contributed by atoms with van der Waals surface area (Å²) in [6.45, 7) is 3.78. The predicted octanol–water partition coefficient (Wildman–Crippen LogP) is 4.42. The van der Waals surface area contributed by atoms with Crippen molar-refractivity contribution < 1.29 is 13.6 Å². The van der Waals surface area contributed by atoms with E-state index in [0.29, 0.717) is 5.58 Å². The number of aryl methyl sites for hydroxylation is 2. The first-order valence-electron chi connectivity index (χ1n) is 6.35. The number of halogens is 1. The van der Waals surface area contributed by atoms with Crippen LogP contribution in [0.4, 0.5) is 4.39 Å². The van der Waals surface area contributed by atoms with E-state index in [2.05, 4.69) is 0 Å². The highest BCUT2D eigenvalue weighted by atomic mass is 19.1.